The van der Waals surface area contributed by atoms with Gasteiger partial charge in [-0.15, -0.1) is 0 Å². The molecule has 2 aromatic carbocycles. The summed E-state index contributed by atoms with van der Waals surface area (Å²) in [6.45, 7) is 5.23. The van der Waals surface area contributed by atoms with Crippen LogP contribution in [0.15, 0.2) is 67.3 Å². The molecule has 0 unspecified atom stereocenters. The van der Waals surface area contributed by atoms with E-state index in [9.17, 15) is 4.79 Å². The average molecular weight is 422 g/mol. The molecule has 0 bridgehead atoms. The second-order valence-electron chi connectivity index (χ2n) is 8.32. The summed E-state index contributed by atoms with van der Waals surface area (Å²) in [6, 6.07) is 16.0. The van der Waals surface area contributed by atoms with Crippen LogP contribution in [0.3, 0.4) is 0 Å². The van der Waals surface area contributed by atoms with Crippen LogP contribution >= 0.6 is 0 Å². The molecule has 0 radical (unpaired) electrons. The van der Waals surface area contributed by atoms with Crippen LogP contribution in [0.4, 0.5) is 0 Å². The third-order valence-electron chi connectivity index (χ3n) is 6.27. The number of carbonyl (C=O) groups is 1. The number of amides is 1. The number of benzene rings is 2. The zero-order valence-electron chi connectivity index (χ0n) is 17.9. The number of hydrogen-bond acceptors (Lipinski definition) is 3. The van der Waals surface area contributed by atoms with Crippen LogP contribution in [-0.2, 0) is 13.1 Å². The predicted molar refractivity (Wildman–Crippen MR) is 122 cm³/mol. The number of aromatic nitrogens is 5. The number of fused-ring (bicyclic) bond motifs is 2. The molecule has 0 atom stereocenters. The number of imidazole rings is 1. The summed E-state index contributed by atoms with van der Waals surface area (Å²) in [5.74, 6) is 0.975. The minimum atomic E-state index is -0.00399. The summed E-state index contributed by atoms with van der Waals surface area (Å²) in [6.07, 6.45) is 5.68. The first kappa shape index (κ1) is 18.6. The van der Waals surface area contributed by atoms with Crippen LogP contribution in [0.25, 0.3) is 22.5 Å². The third-order valence-corrected chi connectivity index (χ3v) is 6.27. The van der Waals surface area contributed by atoms with Gasteiger partial charge in [0.15, 0.2) is 0 Å². The lowest BCUT2D eigenvalue weighted by Gasteiger charge is -2.18. The Morgan fingerprint density at radius 2 is 1.84 bits per heavy atom. The van der Waals surface area contributed by atoms with Crippen molar-refractivity contribution in [2.45, 2.75) is 26.9 Å². The zero-order valence-corrected chi connectivity index (χ0v) is 17.9. The van der Waals surface area contributed by atoms with E-state index in [1.165, 1.54) is 11.1 Å². The molecule has 0 spiro atoms. The number of nitrogens with one attached hydrogen (secondary N) is 1. The van der Waals surface area contributed by atoms with E-state index in [1.54, 1.807) is 6.33 Å². The molecule has 0 fully saturated rings. The monoisotopic (exact) mass is 422 g/mol. The van der Waals surface area contributed by atoms with Crippen LogP contribution < -0.4 is 0 Å². The molecular weight excluding hydrogens is 400 g/mol. The van der Waals surface area contributed by atoms with Gasteiger partial charge in [0.2, 0.25) is 0 Å². The largest absolute Gasteiger partial charge is 0.345 e. The van der Waals surface area contributed by atoms with E-state index in [1.807, 2.05) is 52.3 Å². The van der Waals surface area contributed by atoms with Crippen molar-refractivity contribution in [1.82, 2.24) is 29.2 Å². The average Bonchev–Trinajstić information content (AvgIpc) is 3.57. The molecule has 0 saturated heterocycles. The number of aryl methyl sites for hydroxylation is 2. The maximum absolute atomic E-state index is 13.3. The van der Waals surface area contributed by atoms with E-state index in [-0.39, 0.29) is 5.91 Å². The molecule has 3 aromatic heterocycles. The number of rotatable bonds is 3. The summed E-state index contributed by atoms with van der Waals surface area (Å²) in [5, 5.41) is 4.94. The highest BCUT2D eigenvalue weighted by molar-refractivity contribution is 5.97. The van der Waals surface area contributed by atoms with Gasteiger partial charge < -0.3 is 14.5 Å². The van der Waals surface area contributed by atoms with Crippen molar-refractivity contribution in [3.8, 4) is 11.5 Å². The number of carbonyl (C=O) groups excluding carboxylic acids is 1. The lowest BCUT2D eigenvalue weighted by molar-refractivity contribution is 0.0749. The van der Waals surface area contributed by atoms with Crippen LogP contribution in [0.2, 0.25) is 0 Å². The molecule has 5 aromatic rings. The Hall–Kier alpha value is -4.13. The number of aromatic amines is 1. The molecule has 6 rings (SSSR count). The predicted octanol–water partition coefficient (Wildman–Crippen LogP) is 4.31. The Kier molecular flexibility index (Phi) is 4.04. The fourth-order valence-electron chi connectivity index (χ4n) is 4.37. The molecule has 0 aliphatic carbocycles. The van der Waals surface area contributed by atoms with Gasteiger partial charge in [0.25, 0.3) is 5.91 Å². The van der Waals surface area contributed by atoms with Gasteiger partial charge in [0, 0.05) is 23.5 Å². The first-order chi connectivity index (χ1) is 15.6. The molecule has 7 nitrogen and oxygen atoms in total. The maximum atomic E-state index is 13.3. The molecule has 1 aliphatic heterocycles. The van der Waals surface area contributed by atoms with Crippen molar-refractivity contribution in [2.75, 3.05) is 0 Å². The number of nitrogens with zero attached hydrogens (tertiary/aromatic N) is 5. The molecule has 158 valence electrons. The van der Waals surface area contributed by atoms with Crippen molar-refractivity contribution in [3.05, 3.63) is 95.2 Å². The van der Waals surface area contributed by atoms with Crippen molar-refractivity contribution in [3.63, 3.8) is 0 Å². The standard InChI is InChI=1S/C25H22N6O/c1-16-5-7-19(11-17(16)2)31-24(29-9-3-4-10-29)20-13-30(14-23(20)28-31)25(32)18-6-8-21-22(12-18)27-15-26-21/h3-12,15H,13-14H2,1-2H3,(H,26,27). The lowest BCUT2D eigenvalue weighted by atomic mass is 10.1. The maximum Gasteiger partial charge on any atom is 0.254 e. The van der Waals surface area contributed by atoms with Crippen molar-refractivity contribution < 1.29 is 4.79 Å². The summed E-state index contributed by atoms with van der Waals surface area (Å²) in [5.41, 5.74) is 7.87. The Balaban J connectivity index is 1.39. The molecule has 1 aliphatic rings. The molecular formula is C25H22N6O. The summed E-state index contributed by atoms with van der Waals surface area (Å²) >= 11 is 0. The van der Waals surface area contributed by atoms with Gasteiger partial charge in [0.1, 0.15) is 5.82 Å². The van der Waals surface area contributed by atoms with Gasteiger partial charge in [0.05, 0.1) is 41.8 Å². The van der Waals surface area contributed by atoms with Crippen molar-refractivity contribution in [1.29, 1.82) is 0 Å². The zero-order chi connectivity index (χ0) is 21.8. The van der Waals surface area contributed by atoms with E-state index < -0.39 is 0 Å². The smallest absolute Gasteiger partial charge is 0.254 e. The molecule has 1 N–H and O–H groups in total. The van der Waals surface area contributed by atoms with Gasteiger partial charge in [-0.2, -0.15) is 5.10 Å². The second-order valence-corrected chi connectivity index (χ2v) is 8.32. The number of H-pyrrole nitrogens is 1. The SMILES string of the molecule is Cc1ccc(-n2nc3c(c2-n2cccc2)CN(C(=O)c2ccc4nc[nH]c4c2)C3)cc1C. The summed E-state index contributed by atoms with van der Waals surface area (Å²) < 4.78 is 4.07. The molecule has 4 heterocycles. The van der Waals surface area contributed by atoms with E-state index in [0.717, 1.165) is 33.8 Å². The van der Waals surface area contributed by atoms with Crippen molar-refractivity contribution in [2.24, 2.45) is 0 Å². The van der Waals surface area contributed by atoms with Gasteiger partial charge in [-0.05, 0) is 67.4 Å². The fraction of sp³-hybridized carbons (Fsp3) is 0.160. The lowest BCUT2D eigenvalue weighted by Crippen LogP contribution is -2.26. The number of hydrogen-bond donors (Lipinski definition) is 1. The minimum Gasteiger partial charge on any atom is -0.345 e. The highest BCUT2D eigenvalue weighted by Gasteiger charge is 2.32. The fourth-order valence-corrected chi connectivity index (χ4v) is 4.37. The van der Waals surface area contributed by atoms with E-state index >= 15 is 0 Å². The van der Waals surface area contributed by atoms with Crippen molar-refractivity contribution >= 4 is 16.9 Å². The van der Waals surface area contributed by atoms with E-state index in [2.05, 4.69) is 46.6 Å². The van der Waals surface area contributed by atoms with E-state index in [4.69, 9.17) is 5.10 Å². The highest BCUT2D eigenvalue weighted by atomic mass is 16.2. The van der Waals surface area contributed by atoms with Gasteiger partial charge in [-0.3, -0.25) is 4.79 Å². The van der Waals surface area contributed by atoms with Crippen LogP contribution in [0.5, 0.6) is 0 Å². The Morgan fingerprint density at radius 3 is 2.66 bits per heavy atom. The van der Waals surface area contributed by atoms with Crippen LogP contribution in [-0.4, -0.2) is 35.1 Å². The first-order valence-electron chi connectivity index (χ1n) is 10.6. The molecule has 32 heavy (non-hydrogen) atoms. The summed E-state index contributed by atoms with van der Waals surface area (Å²) in [4.78, 5) is 22.4. The highest BCUT2D eigenvalue weighted by Crippen LogP contribution is 2.32. The topological polar surface area (TPSA) is 71.7 Å². The Morgan fingerprint density at radius 1 is 1.00 bits per heavy atom. The molecule has 1 amide bonds. The minimum absolute atomic E-state index is 0.00399. The van der Waals surface area contributed by atoms with Gasteiger partial charge in [-0.25, -0.2) is 9.67 Å². The Labute approximate surface area is 184 Å². The van der Waals surface area contributed by atoms with Crippen LogP contribution in [0, 0.1) is 13.8 Å². The van der Waals surface area contributed by atoms with Gasteiger partial charge >= 0.3 is 0 Å². The molecule has 7 heteroatoms. The molecule has 0 saturated carbocycles. The second kappa shape index (κ2) is 6.95. The Bertz CT molecular complexity index is 1470. The third kappa shape index (κ3) is 2.85. The quantitative estimate of drug-likeness (QED) is 0.471. The normalized spacial score (nSPS) is 13.1. The van der Waals surface area contributed by atoms with Crippen LogP contribution in [0.1, 0.15) is 32.7 Å². The van der Waals surface area contributed by atoms with E-state index in [0.29, 0.717) is 18.7 Å². The summed E-state index contributed by atoms with van der Waals surface area (Å²) in [7, 11) is 0. The van der Waals surface area contributed by atoms with Gasteiger partial charge in [-0.1, -0.05) is 6.07 Å². The first-order valence-corrected chi connectivity index (χ1v) is 10.6.